The number of hydrogen-bond acceptors (Lipinski definition) is 3. The lowest BCUT2D eigenvalue weighted by Crippen LogP contribution is -2.51. The quantitative estimate of drug-likeness (QED) is 0.884. The highest BCUT2D eigenvalue weighted by Gasteiger charge is 2.21. The molecule has 2 atom stereocenters. The van der Waals surface area contributed by atoms with Gasteiger partial charge in [0.2, 0.25) is 5.91 Å². The molecule has 2 heterocycles. The Balaban J connectivity index is 0.00000180. The Kier molecular flexibility index (Phi) is 6.81. The van der Waals surface area contributed by atoms with Gasteiger partial charge in [0.25, 0.3) is 0 Å². The molecule has 1 aromatic rings. The highest BCUT2D eigenvalue weighted by molar-refractivity contribution is 5.85. The lowest BCUT2D eigenvalue weighted by molar-refractivity contribution is -0.122. The first-order valence-electron chi connectivity index (χ1n) is 6.68. The predicted octanol–water partition coefficient (Wildman–Crippen LogP) is 1.69. The molecule has 4 nitrogen and oxygen atoms in total. The molecule has 1 aromatic heterocycles. The summed E-state index contributed by atoms with van der Waals surface area (Å²) in [5.74, 6) is 0.126. The number of amides is 1. The fourth-order valence-electron chi connectivity index (χ4n) is 2.31. The van der Waals surface area contributed by atoms with E-state index in [1.54, 1.807) is 6.20 Å². The van der Waals surface area contributed by atoms with Crippen molar-refractivity contribution in [1.82, 2.24) is 15.6 Å². The van der Waals surface area contributed by atoms with Crippen molar-refractivity contribution in [1.29, 1.82) is 0 Å². The Bertz CT molecular complexity index is 386. The van der Waals surface area contributed by atoms with Crippen LogP contribution in [0.3, 0.4) is 0 Å². The highest BCUT2D eigenvalue weighted by Crippen LogP contribution is 2.08. The zero-order valence-electron chi connectivity index (χ0n) is 11.3. The maximum absolute atomic E-state index is 11.9. The van der Waals surface area contributed by atoms with Crippen molar-refractivity contribution in [2.45, 2.75) is 44.7 Å². The minimum absolute atomic E-state index is 0. The summed E-state index contributed by atoms with van der Waals surface area (Å²) >= 11 is 0. The number of carbonyl (C=O) groups excluding carboxylic acids is 1. The molecule has 1 aliphatic heterocycles. The smallest absolute Gasteiger partial charge is 0.220 e. The van der Waals surface area contributed by atoms with E-state index in [0.717, 1.165) is 25.1 Å². The van der Waals surface area contributed by atoms with Gasteiger partial charge in [0.05, 0.1) is 0 Å². The van der Waals surface area contributed by atoms with E-state index in [1.807, 2.05) is 18.2 Å². The molecule has 2 rings (SSSR count). The second-order valence-electron chi connectivity index (χ2n) is 4.88. The van der Waals surface area contributed by atoms with Gasteiger partial charge in [-0.05, 0) is 44.9 Å². The number of aryl methyl sites for hydroxylation is 1. The SMILES string of the molecule is CC1NCCCC1NC(=O)CCc1ccccn1.Cl. The Morgan fingerprint density at radius 1 is 1.53 bits per heavy atom. The van der Waals surface area contributed by atoms with Crippen LogP contribution in [0.5, 0.6) is 0 Å². The summed E-state index contributed by atoms with van der Waals surface area (Å²) in [7, 11) is 0. The van der Waals surface area contributed by atoms with Crippen molar-refractivity contribution < 1.29 is 4.79 Å². The van der Waals surface area contributed by atoms with Crippen molar-refractivity contribution in [3.63, 3.8) is 0 Å². The summed E-state index contributed by atoms with van der Waals surface area (Å²) in [4.78, 5) is 16.1. The number of aromatic nitrogens is 1. The van der Waals surface area contributed by atoms with Gasteiger partial charge in [-0.15, -0.1) is 12.4 Å². The number of nitrogens with one attached hydrogen (secondary N) is 2. The van der Waals surface area contributed by atoms with E-state index in [2.05, 4.69) is 22.5 Å². The Labute approximate surface area is 120 Å². The molecule has 2 unspecified atom stereocenters. The van der Waals surface area contributed by atoms with Crippen molar-refractivity contribution in [3.8, 4) is 0 Å². The summed E-state index contributed by atoms with van der Waals surface area (Å²) < 4.78 is 0. The molecule has 1 amide bonds. The van der Waals surface area contributed by atoms with Crippen LogP contribution in [-0.4, -0.2) is 29.5 Å². The normalized spacial score (nSPS) is 22.4. The second-order valence-corrected chi connectivity index (χ2v) is 4.88. The summed E-state index contributed by atoms with van der Waals surface area (Å²) in [5, 5.41) is 6.49. The van der Waals surface area contributed by atoms with Crippen LogP contribution in [0.4, 0.5) is 0 Å². The van der Waals surface area contributed by atoms with Gasteiger partial charge in [0, 0.05) is 30.4 Å². The zero-order chi connectivity index (χ0) is 12.8. The zero-order valence-corrected chi connectivity index (χ0v) is 12.1. The Morgan fingerprint density at radius 2 is 2.37 bits per heavy atom. The Morgan fingerprint density at radius 3 is 3.05 bits per heavy atom. The molecule has 5 heteroatoms. The highest BCUT2D eigenvalue weighted by atomic mass is 35.5. The molecule has 0 radical (unpaired) electrons. The average molecular weight is 284 g/mol. The third-order valence-electron chi connectivity index (χ3n) is 3.44. The second kappa shape index (κ2) is 8.12. The van der Waals surface area contributed by atoms with E-state index >= 15 is 0 Å². The maximum atomic E-state index is 11.9. The molecule has 0 saturated carbocycles. The van der Waals surface area contributed by atoms with Crippen LogP contribution >= 0.6 is 12.4 Å². The van der Waals surface area contributed by atoms with Crippen LogP contribution in [-0.2, 0) is 11.2 Å². The third kappa shape index (κ3) is 5.17. The number of rotatable bonds is 4. The summed E-state index contributed by atoms with van der Waals surface area (Å²) in [6.45, 7) is 3.18. The lowest BCUT2D eigenvalue weighted by atomic mass is 9.99. The van der Waals surface area contributed by atoms with Gasteiger partial charge in [-0.25, -0.2) is 0 Å². The number of halogens is 1. The first-order valence-corrected chi connectivity index (χ1v) is 6.68. The molecule has 0 spiro atoms. The molecular weight excluding hydrogens is 262 g/mol. The van der Waals surface area contributed by atoms with Crippen LogP contribution in [0.15, 0.2) is 24.4 Å². The molecule has 2 N–H and O–H groups in total. The van der Waals surface area contributed by atoms with Crippen molar-refractivity contribution in [3.05, 3.63) is 30.1 Å². The molecule has 1 fully saturated rings. The first kappa shape index (κ1) is 15.9. The third-order valence-corrected chi connectivity index (χ3v) is 3.44. The number of hydrogen-bond donors (Lipinski definition) is 2. The molecule has 106 valence electrons. The van der Waals surface area contributed by atoms with Gasteiger partial charge in [0.1, 0.15) is 0 Å². The maximum Gasteiger partial charge on any atom is 0.220 e. The fraction of sp³-hybridized carbons (Fsp3) is 0.571. The molecule has 0 bridgehead atoms. The standard InChI is InChI=1S/C14H21N3O.ClH/c1-11-13(6-4-10-15-11)17-14(18)8-7-12-5-2-3-9-16-12;/h2-3,5,9,11,13,15H,4,6-8,10H2,1H3,(H,17,18);1H. The summed E-state index contributed by atoms with van der Waals surface area (Å²) in [6, 6.07) is 6.44. The van der Waals surface area contributed by atoms with Crippen LogP contribution in [0.1, 0.15) is 31.9 Å². The average Bonchev–Trinajstić information content (AvgIpc) is 2.40. The van der Waals surface area contributed by atoms with Crippen LogP contribution in [0, 0.1) is 0 Å². The first-order chi connectivity index (χ1) is 8.75. The largest absolute Gasteiger partial charge is 0.352 e. The number of pyridine rings is 1. The minimum atomic E-state index is 0. The minimum Gasteiger partial charge on any atom is -0.352 e. The van der Waals surface area contributed by atoms with E-state index in [9.17, 15) is 4.79 Å². The molecule has 1 aliphatic rings. The fourth-order valence-corrected chi connectivity index (χ4v) is 2.31. The lowest BCUT2D eigenvalue weighted by Gasteiger charge is -2.30. The van der Waals surface area contributed by atoms with E-state index in [1.165, 1.54) is 0 Å². The van der Waals surface area contributed by atoms with Crippen LogP contribution in [0.2, 0.25) is 0 Å². The van der Waals surface area contributed by atoms with E-state index in [-0.39, 0.29) is 24.4 Å². The van der Waals surface area contributed by atoms with Crippen LogP contribution < -0.4 is 10.6 Å². The van der Waals surface area contributed by atoms with Crippen LogP contribution in [0.25, 0.3) is 0 Å². The van der Waals surface area contributed by atoms with E-state index in [4.69, 9.17) is 0 Å². The molecular formula is C14H22ClN3O. The van der Waals surface area contributed by atoms with Gasteiger partial charge < -0.3 is 10.6 Å². The number of carbonyl (C=O) groups is 1. The predicted molar refractivity (Wildman–Crippen MR) is 78.4 cm³/mol. The molecule has 0 aliphatic carbocycles. The van der Waals surface area contributed by atoms with E-state index < -0.39 is 0 Å². The van der Waals surface area contributed by atoms with Gasteiger partial charge >= 0.3 is 0 Å². The van der Waals surface area contributed by atoms with Gasteiger partial charge in [0.15, 0.2) is 0 Å². The molecule has 0 aromatic carbocycles. The monoisotopic (exact) mass is 283 g/mol. The van der Waals surface area contributed by atoms with Crippen molar-refractivity contribution >= 4 is 18.3 Å². The van der Waals surface area contributed by atoms with Crippen molar-refractivity contribution in [2.24, 2.45) is 0 Å². The van der Waals surface area contributed by atoms with Gasteiger partial charge in [-0.1, -0.05) is 6.07 Å². The summed E-state index contributed by atoms with van der Waals surface area (Å²) in [5.41, 5.74) is 0.975. The number of piperidine rings is 1. The topological polar surface area (TPSA) is 54.0 Å². The van der Waals surface area contributed by atoms with Gasteiger partial charge in [-0.2, -0.15) is 0 Å². The van der Waals surface area contributed by atoms with Crippen molar-refractivity contribution in [2.75, 3.05) is 6.54 Å². The molecule has 19 heavy (non-hydrogen) atoms. The Hall–Kier alpha value is -1.13. The number of nitrogens with zero attached hydrogens (tertiary/aromatic N) is 1. The summed E-state index contributed by atoms with van der Waals surface area (Å²) in [6.07, 6.45) is 5.20. The van der Waals surface area contributed by atoms with E-state index in [0.29, 0.717) is 18.9 Å². The molecule has 1 saturated heterocycles. The van der Waals surface area contributed by atoms with Gasteiger partial charge in [-0.3, -0.25) is 9.78 Å².